The average molecular weight is 411 g/mol. The molecule has 7 nitrogen and oxygen atoms in total. The van der Waals surface area contributed by atoms with Crippen LogP contribution >= 0.6 is 12.2 Å². The first kappa shape index (κ1) is 20.5. The third kappa shape index (κ3) is 5.39. The summed E-state index contributed by atoms with van der Waals surface area (Å²) < 4.78 is 4.63. The molecule has 0 heterocycles. The third-order valence-corrected chi connectivity index (χ3v) is 4.70. The Morgan fingerprint density at radius 2 is 1.66 bits per heavy atom. The highest BCUT2D eigenvalue weighted by Gasteiger charge is 2.29. The minimum atomic E-state index is -0.474. The van der Waals surface area contributed by atoms with Crippen molar-refractivity contribution in [2.45, 2.75) is 19.8 Å². The molecule has 2 aromatic carbocycles. The maximum atomic E-state index is 12.3. The molecule has 3 rings (SSSR count). The van der Waals surface area contributed by atoms with Crippen molar-refractivity contribution in [1.29, 1.82) is 0 Å². The molecule has 150 valence electrons. The highest BCUT2D eigenvalue weighted by molar-refractivity contribution is 7.80. The molecule has 1 aliphatic rings. The standard InChI is InChI=1S/C21H21N3O4S/c1-12-3-10-16(11-17(12)23-18(25)13-4-5-13)22-21(29)24-19(26)14-6-8-15(9-7-14)20(27)28-2/h3,6-11,13H,4-5H2,1-2H3,(H,23,25)(H2,22,24,26,29). The molecule has 8 heteroatoms. The van der Waals surface area contributed by atoms with E-state index < -0.39 is 11.9 Å². The van der Waals surface area contributed by atoms with Gasteiger partial charge in [0.1, 0.15) is 0 Å². The topological polar surface area (TPSA) is 96.5 Å². The fourth-order valence-electron chi connectivity index (χ4n) is 2.63. The normalized spacial score (nSPS) is 12.6. The van der Waals surface area contributed by atoms with Gasteiger partial charge in [-0.2, -0.15) is 0 Å². The molecule has 0 bridgehead atoms. The number of thiocarbonyl (C=S) groups is 1. The molecule has 0 aromatic heterocycles. The Balaban J connectivity index is 1.60. The van der Waals surface area contributed by atoms with Crippen molar-refractivity contribution in [2.24, 2.45) is 5.92 Å². The smallest absolute Gasteiger partial charge is 0.337 e. The quantitative estimate of drug-likeness (QED) is 0.516. The molecule has 2 aromatic rings. The molecule has 0 spiro atoms. The highest BCUT2D eigenvalue weighted by Crippen LogP contribution is 2.31. The maximum Gasteiger partial charge on any atom is 0.337 e. The summed E-state index contributed by atoms with van der Waals surface area (Å²) in [7, 11) is 1.29. The fraction of sp³-hybridized carbons (Fsp3) is 0.238. The second kappa shape index (κ2) is 8.83. The van der Waals surface area contributed by atoms with Crippen molar-refractivity contribution in [1.82, 2.24) is 5.32 Å². The summed E-state index contributed by atoms with van der Waals surface area (Å²) >= 11 is 5.21. The number of amides is 2. The molecule has 1 aliphatic carbocycles. The molecule has 0 atom stereocenters. The van der Waals surface area contributed by atoms with E-state index in [0.717, 1.165) is 18.4 Å². The number of rotatable bonds is 5. The van der Waals surface area contributed by atoms with Crippen molar-refractivity contribution in [3.05, 3.63) is 59.2 Å². The number of methoxy groups -OCH3 is 1. The predicted molar refractivity (Wildman–Crippen MR) is 114 cm³/mol. The largest absolute Gasteiger partial charge is 0.465 e. The van der Waals surface area contributed by atoms with E-state index in [0.29, 0.717) is 22.5 Å². The number of aryl methyl sites for hydroxylation is 1. The summed E-state index contributed by atoms with van der Waals surface area (Å²) in [5.74, 6) is -0.750. The van der Waals surface area contributed by atoms with Gasteiger partial charge >= 0.3 is 5.97 Å². The van der Waals surface area contributed by atoms with E-state index in [2.05, 4.69) is 20.7 Å². The first-order valence-corrected chi connectivity index (χ1v) is 9.50. The Labute approximate surface area is 173 Å². The molecule has 1 fully saturated rings. The van der Waals surface area contributed by atoms with Crippen LogP contribution in [0.1, 0.15) is 39.1 Å². The van der Waals surface area contributed by atoms with Crippen molar-refractivity contribution in [2.75, 3.05) is 17.7 Å². The first-order valence-electron chi connectivity index (χ1n) is 9.09. The number of carbonyl (C=O) groups is 3. The maximum absolute atomic E-state index is 12.3. The Hall–Kier alpha value is -3.26. The van der Waals surface area contributed by atoms with E-state index in [1.807, 2.05) is 19.1 Å². The summed E-state index contributed by atoms with van der Waals surface area (Å²) in [6.45, 7) is 1.91. The van der Waals surface area contributed by atoms with Crippen molar-refractivity contribution in [3.63, 3.8) is 0 Å². The Morgan fingerprint density at radius 3 is 2.28 bits per heavy atom. The lowest BCUT2D eigenvalue weighted by Gasteiger charge is -2.13. The fourth-order valence-corrected chi connectivity index (χ4v) is 2.84. The molecule has 29 heavy (non-hydrogen) atoms. The van der Waals surface area contributed by atoms with Crippen LogP contribution in [0.15, 0.2) is 42.5 Å². The highest BCUT2D eigenvalue weighted by atomic mass is 32.1. The molecule has 0 unspecified atom stereocenters. The Morgan fingerprint density at radius 1 is 1.00 bits per heavy atom. The zero-order valence-electron chi connectivity index (χ0n) is 16.1. The van der Waals surface area contributed by atoms with Crippen LogP contribution in [-0.2, 0) is 9.53 Å². The average Bonchev–Trinajstić information content (AvgIpc) is 3.55. The van der Waals surface area contributed by atoms with Gasteiger partial charge in [0.05, 0.1) is 12.7 Å². The summed E-state index contributed by atoms with van der Waals surface area (Å²) in [4.78, 5) is 35.8. The molecule has 0 radical (unpaired) electrons. The lowest BCUT2D eigenvalue weighted by Crippen LogP contribution is -2.34. The van der Waals surface area contributed by atoms with Crippen molar-refractivity contribution in [3.8, 4) is 0 Å². The zero-order valence-corrected chi connectivity index (χ0v) is 16.9. The van der Waals surface area contributed by atoms with E-state index in [1.54, 1.807) is 6.07 Å². The number of ether oxygens (including phenoxy) is 1. The molecule has 1 saturated carbocycles. The monoisotopic (exact) mass is 411 g/mol. The van der Waals surface area contributed by atoms with Crippen LogP contribution in [0.3, 0.4) is 0 Å². The molecule has 2 amide bonds. The molecule has 0 saturated heterocycles. The second-order valence-corrected chi connectivity index (χ2v) is 7.18. The molecular weight excluding hydrogens is 390 g/mol. The number of esters is 1. The van der Waals surface area contributed by atoms with Gasteiger partial charge in [-0.1, -0.05) is 6.07 Å². The summed E-state index contributed by atoms with van der Waals surface area (Å²) in [6, 6.07) is 11.5. The lowest BCUT2D eigenvalue weighted by molar-refractivity contribution is -0.117. The van der Waals surface area contributed by atoms with Crippen LogP contribution in [0, 0.1) is 12.8 Å². The molecule has 0 aliphatic heterocycles. The van der Waals surface area contributed by atoms with Crippen LogP contribution < -0.4 is 16.0 Å². The van der Waals surface area contributed by atoms with Gasteiger partial charge in [-0.3, -0.25) is 14.9 Å². The number of hydrogen-bond acceptors (Lipinski definition) is 5. The minimum absolute atomic E-state index is 0.0246. The number of benzene rings is 2. The molecule has 3 N–H and O–H groups in total. The SMILES string of the molecule is COC(=O)c1ccc(C(=O)NC(=S)Nc2ccc(C)c(NC(=O)C3CC3)c2)cc1. The number of carbonyl (C=O) groups excluding carboxylic acids is 3. The van der Waals surface area contributed by atoms with Gasteiger partial charge in [0.15, 0.2) is 5.11 Å². The zero-order chi connectivity index (χ0) is 21.0. The van der Waals surface area contributed by atoms with Crippen molar-refractivity contribution < 1.29 is 19.1 Å². The third-order valence-electron chi connectivity index (χ3n) is 4.50. The van der Waals surface area contributed by atoms with Gasteiger partial charge in [0, 0.05) is 22.9 Å². The van der Waals surface area contributed by atoms with E-state index in [-0.39, 0.29) is 16.9 Å². The number of hydrogen-bond donors (Lipinski definition) is 3. The Kier molecular flexibility index (Phi) is 6.23. The lowest BCUT2D eigenvalue weighted by atomic mass is 10.1. The second-order valence-electron chi connectivity index (χ2n) is 6.77. The van der Waals surface area contributed by atoms with E-state index in [4.69, 9.17) is 12.2 Å². The van der Waals surface area contributed by atoms with Crippen molar-refractivity contribution >= 4 is 46.5 Å². The first-order chi connectivity index (χ1) is 13.9. The molecular formula is C21H21N3O4S. The minimum Gasteiger partial charge on any atom is -0.465 e. The van der Waals surface area contributed by atoms with Crippen LogP contribution in [0.25, 0.3) is 0 Å². The van der Waals surface area contributed by atoms with Gasteiger partial charge < -0.3 is 15.4 Å². The van der Waals surface area contributed by atoms with Gasteiger partial charge in [0.2, 0.25) is 5.91 Å². The van der Waals surface area contributed by atoms with Crippen LogP contribution in [0.2, 0.25) is 0 Å². The van der Waals surface area contributed by atoms with Crippen LogP contribution in [-0.4, -0.2) is 30.0 Å². The van der Waals surface area contributed by atoms with Crippen LogP contribution in [0.5, 0.6) is 0 Å². The van der Waals surface area contributed by atoms with E-state index in [9.17, 15) is 14.4 Å². The number of nitrogens with one attached hydrogen (secondary N) is 3. The predicted octanol–water partition coefficient (Wildman–Crippen LogP) is 3.26. The van der Waals surface area contributed by atoms with Gasteiger partial charge in [-0.15, -0.1) is 0 Å². The van der Waals surface area contributed by atoms with Crippen LogP contribution in [0.4, 0.5) is 11.4 Å². The van der Waals surface area contributed by atoms with Gasteiger partial charge in [-0.25, -0.2) is 4.79 Å². The van der Waals surface area contributed by atoms with E-state index >= 15 is 0 Å². The number of anilines is 2. The van der Waals surface area contributed by atoms with E-state index in [1.165, 1.54) is 31.4 Å². The summed E-state index contributed by atoms with van der Waals surface area (Å²) in [5, 5.41) is 8.57. The summed E-state index contributed by atoms with van der Waals surface area (Å²) in [6.07, 6.45) is 1.86. The summed E-state index contributed by atoms with van der Waals surface area (Å²) in [5.41, 5.74) is 2.99. The Bertz CT molecular complexity index is 968. The van der Waals surface area contributed by atoms with Gasteiger partial charge in [-0.05, 0) is 73.9 Å². The van der Waals surface area contributed by atoms with Gasteiger partial charge in [0.25, 0.3) is 5.91 Å².